The molecule has 1 aromatic heterocycles. The first-order valence-electron chi connectivity index (χ1n) is 7.75. The number of hydrogen-bond acceptors (Lipinski definition) is 7. The van der Waals surface area contributed by atoms with E-state index in [1.165, 1.54) is 10.9 Å². The molecule has 0 amide bonds. The number of sulfonamides is 1. The predicted octanol–water partition coefficient (Wildman–Crippen LogP) is 0.106. The molecule has 1 aliphatic rings. The fourth-order valence-corrected chi connectivity index (χ4v) is 4.10. The summed E-state index contributed by atoms with van der Waals surface area (Å²) in [6.45, 7) is 4.21. The highest BCUT2D eigenvalue weighted by atomic mass is 32.2. The minimum absolute atomic E-state index is 0.166. The predicted molar refractivity (Wildman–Crippen MR) is 86.2 cm³/mol. The Hall–Kier alpha value is -1.56. The lowest BCUT2D eigenvalue weighted by atomic mass is 9.80. The van der Waals surface area contributed by atoms with E-state index < -0.39 is 25.7 Å². The number of piperidine rings is 1. The van der Waals surface area contributed by atoms with Crippen LogP contribution in [0.1, 0.15) is 19.8 Å². The van der Waals surface area contributed by atoms with Gasteiger partial charge in [-0.1, -0.05) is 0 Å². The first-order valence-corrected chi connectivity index (χ1v) is 9.23. The summed E-state index contributed by atoms with van der Waals surface area (Å²) in [5, 5.41) is 18.0. The zero-order valence-corrected chi connectivity index (χ0v) is 14.6. The van der Waals surface area contributed by atoms with Gasteiger partial charge in [-0.15, -0.1) is 0 Å². The third kappa shape index (κ3) is 4.09. The van der Waals surface area contributed by atoms with Crippen molar-refractivity contribution >= 4 is 15.8 Å². The molecule has 0 aliphatic carbocycles. The molecule has 24 heavy (non-hydrogen) atoms. The van der Waals surface area contributed by atoms with Crippen LogP contribution in [-0.2, 0) is 21.3 Å². The van der Waals surface area contributed by atoms with E-state index in [1.54, 1.807) is 14.0 Å². The van der Waals surface area contributed by atoms with Crippen LogP contribution in [0.15, 0.2) is 11.1 Å². The van der Waals surface area contributed by atoms with Gasteiger partial charge in [0.15, 0.2) is 0 Å². The molecule has 0 unspecified atom stereocenters. The summed E-state index contributed by atoms with van der Waals surface area (Å²) >= 11 is 0. The first-order chi connectivity index (χ1) is 11.3. The van der Waals surface area contributed by atoms with Crippen molar-refractivity contribution in [3.63, 3.8) is 0 Å². The molecule has 1 saturated heterocycles. The summed E-state index contributed by atoms with van der Waals surface area (Å²) < 4.78 is 34.1. The fourth-order valence-electron chi connectivity index (χ4n) is 2.83. The zero-order valence-electron chi connectivity index (χ0n) is 13.8. The lowest BCUT2D eigenvalue weighted by Crippen LogP contribution is -2.47. The molecule has 10 nitrogen and oxygen atoms in total. The van der Waals surface area contributed by atoms with E-state index >= 15 is 0 Å². The van der Waals surface area contributed by atoms with Crippen molar-refractivity contribution in [3.05, 3.63) is 16.3 Å². The van der Waals surface area contributed by atoms with Crippen molar-refractivity contribution in [1.29, 1.82) is 0 Å². The van der Waals surface area contributed by atoms with E-state index in [1.807, 2.05) is 0 Å². The Labute approximate surface area is 140 Å². The Morgan fingerprint density at radius 3 is 2.71 bits per heavy atom. The lowest BCUT2D eigenvalue weighted by Gasteiger charge is -2.37. The Morgan fingerprint density at radius 2 is 2.17 bits per heavy atom. The van der Waals surface area contributed by atoms with Crippen LogP contribution in [0.5, 0.6) is 0 Å². The van der Waals surface area contributed by atoms with Gasteiger partial charge in [0.05, 0.1) is 24.4 Å². The van der Waals surface area contributed by atoms with E-state index in [9.17, 15) is 18.5 Å². The number of ether oxygens (including phenoxy) is 1. The van der Waals surface area contributed by atoms with E-state index in [2.05, 4.69) is 15.1 Å². The molecule has 0 bridgehead atoms. The van der Waals surface area contributed by atoms with Crippen molar-refractivity contribution in [3.8, 4) is 0 Å². The molecule has 1 aromatic rings. The average molecular weight is 361 g/mol. The van der Waals surface area contributed by atoms with Gasteiger partial charge in [0.1, 0.15) is 0 Å². The molecule has 1 fully saturated rings. The maximum Gasteiger partial charge on any atom is 0.410 e. The Morgan fingerprint density at radius 1 is 1.50 bits per heavy atom. The van der Waals surface area contributed by atoms with Crippen molar-refractivity contribution in [2.45, 2.75) is 31.2 Å². The second-order valence-corrected chi connectivity index (χ2v) is 7.67. The number of nitro groups is 1. The highest BCUT2D eigenvalue weighted by Crippen LogP contribution is 2.29. The summed E-state index contributed by atoms with van der Waals surface area (Å²) in [5.74, 6) is -0.657. The second-order valence-electron chi connectivity index (χ2n) is 5.94. The maximum absolute atomic E-state index is 12.6. The Bertz CT molecular complexity index is 675. The minimum atomic E-state index is -4.03. The number of methoxy groups -OCH3 is 1. The number of rotatable bonds is 8. The highest BCUT2D eigenvalue weighted by molar-refractivity contribution is 7.89. The van der Waals surface area contributed by atoms with Gasteiger partial charge in [-0.3, -0.25) is 0 Å². The summed E-state index contributed by atoms with van der Waals surface area (Å²) in [5.41, 5.74) is -0.317. The molecule has 1 aliphatic heterocycles. The molecule has 2 heterocycles. The summed E-state index contributed by atoms with van der Waals surface area (Å²) in [6.07, 6.45) is 2.71. The fraction of sp³-hybridized carbons (Fsp3) is 0.769. The zero-order chi connectivity index (χ0) is 17.8. The van der Waals surface area contributed by atoms with Crippen molar-refractivity contribution in [2.24, 2.45) is 5.41 Å². The molecule has 0 atom stereocenters. The minimum Gasteiger partial charge on any atom is -0.384 e. The van der Waals surface area contributed by atoms with Crippen LogP contribution in [0.4, 0.5) is 5.82 Å². The average Bonchev–Trinajstić information content (AvgIpc) is 3.00. The van der Waals surface area contributed by atoms with Gasteiger partial charge in [-0.2, -0.15) is 4.68 Å². The van der Waals surface area contributed by atoms with Crippen LogP contribution >= 0.6 is 0 Å². The lowest BCUT2D eigenvalue weighted by molar-refractivity contribution is -0.392. The Kier molecular flexibility index (Phi) is 5.91. The number of aryl methyl sites for hydroxylation is 1. The largest absolute Gasteiger partial charge is 0.410 e. The molecule has 0 spiro atoms. The highest BCUT2D eigenvalue weighted by Gasteiger charge is 2.36. The van der Waals surface area contributed by atoms with E-state index in [0.717, 1.165) is 25.9 Å². The van der Waals surface area contributed by atoms with Gasteiger partial charge in [0, 0.05) is 19.1 Å². The molecule has 136 valence electrons. The quantitative estimate of drug-likeness (QED) is 0.496. The van der Waals surface area contributed by atoms with E-state index in [4.69, 9.17) is 4.74 Å². The van der Waals surface area contributed by atoms with Gasteiger partial charge in [-0.05, 0) is 37.8 Å². The standard InChI is InChI=1S/C13H23N5O5S/c1-3-17-8-11(12(16-17)18(19)20)24(21,22)15-9-13(10-23-2)4-6-14-7-5-13/h8,14-15H,3-7,9-10H2,1-2H3. The van der Waals surface area contributed by atoms with Crippen molar-refractivity contribution in [2.75, 3.05) is 33.4 Å². The normalized spacial score (nSPS) is 17.8. The van der Waals surface area contributed by atoms with Crippen LogP contribution < -0.4 is 10.0 Å². The number of aromatic nitrogens is 2. The molecule has 11 heteroatoms. The van der Waals surface area contributed by atoms with E-state index in [-0.39, 0.29) is 12.0 Å². The first kappa shape index (κ1) is 18.8. The summed E-state index contributed by atoms with van der Waals surface area (Å²) in [4.78, 5) is 9.89. The van der Waals surface area contributed by atoms with Gasteiger partial charge < -0.3 is 20.2 Å². The summed E-state index contributed by atoms with van der Waals surface area (Å²) in [7, 11) is -2.45. The monoisotopic (exact) mass is 361 g/mol. The van der Waals surface area contributed by atoms with Crippen LogP contribution in [0.3, 0.4) is 0 Å². The number of nitrogens with zero attached hydrogens (tertiary/aromatic N) is 3. The third-order valence-corrected chi connectivity index (χ3v) is 5.64. The van der Waals surface area contributed by atoms with E-state index in [0.29, 0.717) is 13.2 Å². The SMILES string of the molecule is CCn1cc(S(=O)(=O)NCC2(COC)CCNCC2)c([N+](=O)[O-])n1. The molecular weight excluding hydrogens is 338 g/mol. The van der Waals surface area contributed by atoms with Gasteiger partial charge >= 0.3 is 5.82 Å². The van der Waals surface area contributed by atoms with Crippen LogP contribution in [-0.4, -0.2) is 56.5 Å². The molecule has 0 radical (unpaired) electrons. The van der Waals surface area contributed by atoms with Crippen molar-refractivity contribution in [1.82, 2.24) is 19.8 Å². The molecule has 0 aromatic carbocycles. The number of nitrogens with one attached hydrogen (secondary N) is 2. The smallest absolute Gasteiger partial charge is 0.384 e. The maximum atomic E-state index is 12.6. The topological polar surface area (TPSA) is 128 Å². The van der Waals surface area contributed by atoms with Gasteiger partial charge in [-0.25, -0.2) is 13.1 Å². The summed E-state index contributed by atoms with van der Waals surface area (Å²) in [6, 6.07) is 0. The third-order valence-electron chi connectivity index (χ3n) is 4.25. The van der Waals surface area contributed by atoms with Crippen LogP contribution in [0, 0.1) is 15.5 Å². The van der Waals surface area contributed by atoms with Gasteiger partial charge in [0.25, 0.3) is 10.0 Å². The molecular formula is C13H23N5O5S. The van der Waals surface area contributed by atoms with Crippen LogP contribution in [0.25, 0.3) is 0 Å². The van der Waals surface area contributed by atoms with Crippen molar-refractivity contribution < 1.29 is 18.1 Å². The Balaban J connectivity index is 2.21. The molecule has 2 N–H and O–H groups in total. The molecule has 2 rings (SSSR count). The molecule has 0 saturated carbocycles. The van der Waals surface area contributed by atoms with Crippen LogP contribution in [0.2, 0.25) is 0 Å². The van der Waals surface area contributed by atoms with Gasteiger partial charge in [0.2, 0.25) is 4.90 Å². The second kappa shape index (κ2) is 7.55. The number of hydrogen-bond donors (Lipinski definition) is 2.